The number of aromatic nitrogens is 3. The molecule has 0 aliphatic carbocycles. The van der Waals surface area contributed by atoms with Gasteiger partial charge in [0.15, 0.2) is 0 Å². The molecule has 0 bridgehead atoms. The first-order chi connectivity index (χ1) is 9.63. The van der Waals surface area contributed by atoms with Gasteiger partial charge in [-0.3, -0.25) is 0 Å². The maximum Gasteiger partial charge on any atom is 0.243 e. The third-order valence-corrected chi connectivity index (χ3v) is 2.95. The van der Waals surface area contributed by atoms with E-state index in [0.717, 1.165) is 42.4 Å². The highest BCUT2D eigenvalue weighted by Gasteiger charge is 2.08. The first-order valence-corrected chi connectivity index (χ1v) is 6.54. The van der Waals surface area contributed by atoms with Gasteiger partial charge in [0.25, 0.3) is 0 Å². The van der Waals surface area contributed by atoms with Crippen molar-refractivity contribution in [3.63, 3.8) is 0 Å². The van der Waals surface area contributed by atoms with Gasteiger partial charge >= 0.3 is 0 Å². The Morgan fingerprint density at radius 3 is 2.50 bits per heavy atom. The molecule has 6 heteroatoms. The van der Waals surface area contributed by atoms with Crippen molar-refractivity contribution in [2.45, 2.75) is 33.2 Å². The van der Waals surface area contributed by atoms with Crippen LogP contribution < -0.4 is 5.32 Å². The summed E-state index contributed by atoms with van der Waals surface area (Å²) in [5.41, 5.74) is 1.95. The molecule has 0 unspecified atom stereocenters. The molecule has 0 atom stereocenters. The molecule has 0 aliphatic rings. The lowest BCUT2D eigenvalue weighted by atomic mass is 10.2. The second kappa shape index (κ2) is 6.36. The van der Waals surface area contributed by atoms with E-state index >= 15 is 0 Å². The topological polar surface area (TPSA) is 50.7 Å². The molecular formula is C14H16F2N4. The summed E-state index contributed by atoms with van der Waals surface area (Å²) in [6.07, 6.45) is 1.52. The molecule has 20 heavy (non-hydrogen) atoms. The SMILES string of the molecule is CCc1nnc(NCc2cc(F)ccc2F)nc1CC. The summed E-state index contributed by atoms with van der Waals surface area (Å²) in [5, 5.41) is 10.9. The van der Waals surface area contributed by atoms with Crippen LogP contribution in [0.3, 0.4) is 0 Å². The molecule has 2 aromatic rings. The Morgan fingerprint density at radius 1 is 1.05 bits per heavy atom. The highest BCUT2D eigenvalue weighted by Crippen LogP contribution is 2.12. The summed E-state index contributed by atoms with van der Waals surface area (Å²) < 4.78 is 26.5. The summed E-state index contributed by atoms with van der Waals surface area (Å²) in [4.78, 5) is 4.33. The third-order valence-electron chi connectivity index (χ3n) is 2.95. The molecule has 0 spiro atoms. The summed E-state index contributed by atoms with van der Waals surface area (Å²) in [5.74, 6) is -0.617. The molecule has 0 aliphatic heterocycles. The molecule has 1 aromatic carbocycles. The summed E-state index contributed by atoms with van der Waals surface area (Å²) in [6, 6.07) is 3.34. The van der Waals surface area contributed by atoms with Gasteiger partial charge in [0.2, 0.25) is 5.95 Å². The highest BCUT2D eigenvalue weighted by atomic mass is 19.1. The average molecular weight is 278 g/mol. The van der Waals surface area contributed by atoms with Crippen LogP contribution >= 0.6 is 0 Å². The second-order valence-corrected chi connectivity index (χ2v) is 4.33. The molecule has 0 amide bonds. The van der Waals surface area contributed by atoms with E-state index in [0.29, 0.717) is 5.95 Å². The van der Waals surface area contributed by atoms with Crippen molar-refractivity contribution >= 4 is 5.95 Å². The Labute approximate surface area is 116 Å². The predicted molar refractivity (Wildman–Crippen MR) is 72.3 cm³/mol. The second-order valence-electron chi connectivity index (χ2n) is 4.33. The van der Waals surface area contributed by atoms with Crippen molar-refractivity contribution in [1.29, 1.82) is 0 Å². The van der Waals surface area contributed by atoms with Gasteiger partial charge in [-0.05, 0) is 31.0 Å². The van der Waals surface area contributed by atoms with E-state index in [1.54, 1.807) is 0 Å². The number of nitrogens with zero attached hydrogens (tertiary/aromatic N) is 3. The zero-order valence-electron chi connectivity index (χ0n) is 11.5. The molecule has 4 nitrogen and oxygen atoms in total. The lowest BCUT2D eigenvalue weighted by Gasteiger charge is -2.08. The van der Waals surface area contributed by atoms with E-state index in [2.05, 4.69) is 20.5 Å². The summed E-state index contributed by atoms with van der Waals surface area (Å²) in [7, 11) is 0. The van der Waals surface area contributed by atoms with E-state index in [1.165, 1.54) is 0 Å². The smallest absolute Gasteiger partial charge is 0.243 e. The minimum Gasteiger partial charge on any atom is -0.349 e. The van der Waals surface area contributed by atoms with Crippen LogP contribution in [0.4, 0.5) is 14.7 Å². The predicted octanol–water partition coefficient (Wildman–Crippen LogP) is 2.89. The molecule has 1 N–H and O–H groups in total. The van der Waals surface area contributed by atoms with E-state index in [4.69, 9.17) is 0 Å². The van der Waals surface area contributed by atoms with Crippen molar-refractivity contribution in [2.75, 3.05) is 5.32 Å². The van der Waals surface area contributed by atoms with Gasteiger partial charge in [-0.2, -0.15) is 5.10 Å². The Hall–Kier alpha value is -2.11. The fourth-order valence-corrected chi connectivity index (χ4v) is 1.87. The van der Waals surface area contributed by atoms with Gasteiger partial charge in [0.1, 0.15) is 11.6 Å². The van der Waals surface area contributed by atoms with Gasteiger partial charge in [-0.25, -0.2) is 13.8 Å². The summed E-state index contributed by atoms with van der Waals surface area (Å²) >= 11 is 0. The minimum absolute atomic E-state index is 0.111. The maximum absolute atomic E-state index is 13.5. The number of anilines is 1. The van der Waals surface area contributed by atoms with Gasteiger partial charge in [-0.1, -0.05) is 13.8 Å². The minimum atomic E-state index is -0.474. The number of rotatable bonds is 5. The first kappa shape index (κ1) is 14.3. The lowest BCUT2D eigenvalue weighted by molar-refractivity contribution is 0.587. The van der Waals surface area contributed by atoms with Crippen LogP contribution in [0.5, 0.6) is 0 Å². The van der Waals surface area contributed by atoms with Crippen LogP contribution in [0, 0.1) is 11.6 Å². The number of nitrogens with one attached hydrogen (secondary N) is 1. The summed E-state index contributed by atoms with van der Waals surface area (Å²) in [6.45, 7) is 4.08. The van der Waals surface area contributed by atoms with E-state index in [-0.39, 0.29) is 12.1 Å². The third kappa shape index (κ3) is 3.26. The fraction of sp³-hybridized carbons (Fsp3) is 0.357. The molecule has 2 rings (SSSR count). The molecule has 0 saturated heterocycles. The van der Waals surface area contributed by atoms with Crippen LogP contribution in [0.25, 0.3) is 0 Å². The Kier molecular flexibility index (Phi) is 4.55. The lowest BCUT2D eigenvalue weighted by Crippen LogP contribution is -2.10. The van der Waals surface area contributed by atoms with Crippen LogP contribution in [-0.2, 0) is 19.4 Å². The van der Waals surface area contributed by atoms with Crippen molar-refractivity contribution in [2.24, 2.45) is 0 Å². The van der Waals surface area contributed by atoms with Crippen LogP contribution in [-0.4, -0.2) is 15.2 Å². The zero-order valence-corrected chi connectivity index (χ0v) is 11.5. The van der Waals surface area contributed by atoms with Crippen molar-refractivity contribution in [3.05, 3.63) is 46.8 Å². The first-order valence-electron chi connectivity index (χ1n) is 6.54. The Bertz CT molecular complexity index is 602. The number of aryl methyl sites for hydroxylation is 2. The highest BCUT2D eigenvalue weighted by molar-refractivity contribution is 5.29. The molecule has 0 saturated carbocycles. The Morgan fingerprint density at radius 2 is 1.80 bits per heavy atom. The quantitative estimate of drug-likeness (QED) is 0.913. The monoisotopic (exact) mass is 278 g/mol. The van der Waals surface area contributed by atoms with Crippen LogP contribution in [0.1, 0.15) is 30.8 Å². The largest absolute Gasteiger partial charge is 0.349 e. The molecule has 1 aromatic heterocycles. The van der Waals surface area contributed by atoms with Gasteiger partial charge in [0, 0.05) is 12.1 Å². The fourth-order valence-electron chi connectivity index (χ4n) is 1.87. The molecule has 1 heterocycles. The van der Waals surface area contributed by atoms with Crippen molar-refractivity contribution in [1.82, 2.24) is 15.2 Å². The number of halogens is 2. The van der Waals surface area contributed by atoms with Gasteiger partial charge in [-0.15, -0.1) is 5.10 Å². The molecule has 0 radical (unpaired) electrons. The van der Waals surface area contributed by atoms with Crippen molar-refractivity contribution < 1.29 is 8.78 Å². The molecular weight excluding hydrogens is 262 g/mol. The number of hydrogen-bond donors (Lipinski definition) is 1. The maximum atomic E-state index is 13.5. The molecule has 106 valence electrons. The zero-order chi connectivity index (χ0) is 14.5. The van der Waals surface area contributed by atoms with E-state index < -0.39 is 11.6 Å². The van der Waals surface area contributed by atoms with Crippen molar-refractivity contribution in [3.8, 4) is 0 Å². The standard InChI is InChI=1S/C14H16F2N4/c1-3-12-13(4-2)19-20-14(18-12)17-8-9-7-10(15)5-6-11(9)16/h5-7H,3-4,8H2,1-2H3,(H,17,18,20). The average Bonchev–Trinajstić information content (AvgIpc) is 2.47. The number of hydrogen-bond acceptors (Lipinski definition) is 4. The Balaban J connectivity index is 2.12. The van der Waals surface area contributed by atoms with Crippen LogP contribution in [0.2, 0.25) is 0 Å². The van der Waals surface area contributed by atoms with Gasteiger partial charge < -0.3 is 5.32 Å². The van der Waals surface area contributed by atoms with E-state index in [9.17, 15) is 8.78 Å². The van der Waals surface area contributed by atoms with Gasteiger partial charge in [0.05, 0.1) is 11.4 Å². The van der Waals surface area contributed by atoms with Crippen LogP contribution in [0.15, 0.2) is 18.2 Å². The van der Waals surface area contributed by atoms with E-state index in [1.807, 2.05) is 13.8 Å². The normalized spacial score (nSPS) is 10.6. The molecule has 0 fully saturated rings. The number of benzene rings is 1.